The molecule has 0 radical (unpaired) electrons. The van der Waals surface area contributed by atoms with E-state index in [-0.39, 0.29) is 22.9 Å². The predicted molar refractivity (Wildman–Crippen MR) is 88.7 cm³/mol. The first-order valence-electron chi connectivity index (χ1n) is 7.77. The van der Waals surface area contributed by atoms with Crippen LogP contribution in [0.2, 0.25) is 0 Å². The highest BCUT2D eigenvalue weighted by molar-refractivity contribution is 5.96. The zero-order chi connectivity index (χ0) is 18.4. The number of carboxylic acid groups (broad SMARTS) is 1. The van der Waals surface area contributed by atoms with Crippen LogP contribution < -0.4 is 10.2 Å². The van der Waals surface area contributed by atoms with Crippen LogP contribution in [0.25, 0.3) is 16.6 Å². The lowest BCUT2D eigenvalue weighted by molar-refractivity contribution is -0.0218. The summed E-state index contributed by atoms with van der Waals surface area (Å²) in [5.74, 6) is -1.97. The summed E-state index contributed by atoms with van der Waals surface area (Å²) < 4.78 is 28.5. The van der Waals surface area contributed by atoms with Crippen molar-refractivity contribution in [2.24, 2.45) is 0 Å². The molecule has 8 nitrogen and oxygen atoms in total. The molecule has 0 amide bonds. The molecule has 1 saturated heterocycles. The quantitative estimate of drug-likeness (QED) is 0.760. The van der Waals surface area contributed by atoms with E-state index in [9.17, 15) is 19.1 Å². The SMILES string of the molecule is COc1c(-n2ccnc2)c(F)cc2c(=O)c(C(=O)O)cn(C3COC3)c12. The van der Waals surface area contributed by atoms with Gasteiger partial charge in [0.1, 0.15) is 11.3 Å². The van der Waals surface area contributed by atoms with Crippen LogP contribution in [0.1, 0.15) is 16.4 Å². The van der Waals surface area contributed by atoms with E-state index in [2.05, 4.69) is 4.98 Å². The van der Waals surface area contributed by atoms with Gasteiger partial charge < -0.3 is 23.7 Å². The molecule has 1 aromatic carbocycles. The maximum absolute atomic E-state index is 14.8. The molecule has 1 aliphatic heterocycles. The molecule has 26 heavy (non-hydrogen) atoms. The fourth-order valence-electron chi connectivity index (χ4n) is 3.09. The maximum Gasteiger partial charge on any atom is 0.341 e. The topological polar surface area (TPSA) is 95.6 Å². The molecule has 1 fully saturated rings. The molecular weight excluding hydrogens is 345 g/mol. The van der Waals surface area contributed by atoms with Crippen molar-refractivity contribution in [2.75, 3.05) is 20.3 Å². The Labute approximate surface area is 146 Å². The van der Waals surface area contributed by atoms with Crippen molar-refractivity contribution in [2.45, 2.75) is 6.04 Å². The van der Waals surface area contributed by atoms with Crippen molar-refractivity contribution in [3.05, 3.63) is 52.6 Å². The summed E-state index contributed by atoms with van der Waals surface area (Å²) in [6.07, 6.45) is 5.71. The van der Waals surface area contributed by atoms with Gasteiger partial charge in [0.2, 0.25) is 5.43 Å². The van der Waals surface area contributed by atoms with Gasteiger partial charge in [-0.05, 0) is 6.07 Å². The minimum atomic E-state index is -1.37. The number of carbonyl (C=O) groups is 1. The number of pyridine rings is 1. The summed E-state index contributed by atoms with van der Waals surface area (Å²) in [4.78, 5) is 28.0. The Bertz CT molecular complexity index is 1070. The molecule has 0 atom stereocenters. The highest BCUT2D eigenvalue weighted by Gasteiger charge is 2.28. The summed E-state index contributed by atoms with van der Waals surface area (Å²) in [6.45, 7) is 0.718. The minimum absolute atomic E-state index is 0.0602. The monoisotopic (exact) mass is 359 g/mol. The number of hydrogen-bond acceptors (Lipinski definition) is 5. The van der Waals surface area contributed by atoms with Crippen molar-refractivity contribution >= 4 is 16.9 Å². The Morgan fingerprint density at radius 3 is 2.77 bits per heavy atom. The number of halogens is 1. The molecule has 0 bridgehead atoms. The van der Waals surface area contributed by atoms with E-state index in [0.29, 0.717) is 18.7 Å². The van der Waals surface area contributed by atoms with Crippen LogP contribution in [-0.2, 0) is 4.74 Å². The van der Waals surface area contributed by atoms with Gasteiger partial charge in [0, 0.05) is 18.6 Å². The van der Waals surface area contributed by atoms with E-state index >= 15 is 0 Å². The van der Waals surface area contributed by atoms with Gasteiger partial charge in [-0.25, -0.2) is 14.2 Å². The summed E-state index contributed by atoms with van der Waals surface area (Å²) in [7, 11) is 1.37. The molecule has 1 N–H and O–H groups in total. The summed E-state index contributed by atoms with van der Waals surface area (Å²) in [5, 5.41) is 9.28. The van der Waals surface area contributed by atoms with Crippen LogP contribution in [0.4, 0.5) is 4.39 Å². The summed E-state index contributed by atoms with van der Waals surface area (Å²) in [5.41, 5.74) is -0.783. The van der Waals surface area contributed by atoms with E-state index in [1.54, 1.807) is 10.8 Å². The fraction of sp³-hybridized carbons (Fsp3) is 0.235. The van der Waals surface area contributed by atoms with Gasteiger partial charge in [-0.3, -0.25) is 4.79 Å². The molecule has 0 aliphatic carbocycles. The van der Waals surface area contributed by atoms with Crippen LogP contribution in [0.5, 0.6) is 5.75 Å². The second-order valence-electron chi connectivity index (χ2n) is 5.88. The fourth-order valence-corrected chi connectivity index (χ4v) is 3.09. The van der Waals surface area contributed by atoms with Crippen molar-refractivity contribution in [3.8, 4) is 11.4 Å². The van der Waals surface area contributed by atoms with Gasteiger partial charge in [-0.15, -0.1) is 0 Å². The Morgan fingerprint density at radius 1 is 1.46 bits per heavy atom. The lowest BCUT2D eigenvalue weighted by Crippen LogP contribution is -2.33. The molecule has 3 heterocycles. The smallest absolute Gasteiger partial charge is 0.341 e. The third kappa shape index (κ3) is 2.28. The lowest BCUT2D eigenvalue weighted by atomic mass is 10.1. The largest absolute Gasteiger partial charge is 0.492 e. The Morgan fingerprint density at radius 2 is 2.23 bits per heavy atom. The van der Waals surface area contributed by atoms with Crippen LogP contribution in [0.15, 0.2) is 35.8 Å². The Hall–Kier alpha value is -3.20. The zero-order valence-electron chi connectivity index (χ0n) is 13.7. The molecular formula is C17H14FN3O5. The van der Waals surface area contributed by atoms with Crippen molar-refractivity contribution in [1.82, 2.24) is 14.1 Å². The van der Waals surface area contributed by atoms with Crippen LogP contribution >= 0.6 is 0 Å². The molecule has 2 aromatic heterocycles. The van der Waals surface area contributed by atoms with Crippen LogP contribution in [0.3, 0.4) is 0 Å². The number of fused-ring (bicyclic) bond motifs is 1. The second-order valence-corrected chi connectivity index (χ2v) is 5.88. The number of aromatic carboxylic acids is 1. The Kier molecular flexibility index (Phi) is 3.73. The number of aromatic nitrogens is 3. The zero-order valence-corrected chi connectivity index (χ0v) is 13.7. The molecule has 0 unspecified atom stereocenters. The third-order valence-electron chi connectivity index (χ3n) is 4.41. The minimum Gasteiger partial charge on any atom is -0.492 e. The first kappa shape index (κ1) is 16.3. The number of benzene rings is 1. The van der Waals surface area contributed by atoms with Gasteiger partial charge in [0.15, 0.2) is 11.6 Å². The van der Waals surface area contributed by atoms with Crippen molar-refractivity contribution < 1.29 is 23.8 Å². The van der Waals surface area contributed by atoms with E-state index in [4.69, 9.17) is 9.47 Å². The normalized spacial score (nSPS) is 14.4. The number of hydrogen-bond donors (Lipinski definition) is 1. The number of methoxy groups -OCH3 is 1. The van der Waals surface area contributed by atoms with E-state index < -0.39 is 22.8 Å². The molecule has 134 valence electrons. The predicted octanol–water partition coefficient (Wildman–Crippen LogP) is 1.60. The van der Waals surface area contributed by atoms with Crippen LogP contribution in [-0.4, -0.2) is 45.5 Å². The van der Waals surface area contributed by atoms with Gasteiger partial charge in [0.25, 0.3) is 0 Å². The number of imidazole rings is 1. The lowest BCUT2D eigenvalue weighted by Gasteiger charge is -2.31. The molecule has 3 aromatic rings. The second kappa shape index (κ2) is 5.95. The van der Waals surface area contributed by atoms with Crippen LogP contribution in [0, 0.1) is 5.82 Å². The maximum atomic E-state index is 14.8. The van der Waals surface area contributed by atoms with Gasteiger partial charge in [-0.1, -0.05) is 0 Å². The van der Waals surface area contributed by atoms with Gasteiger partial charge >= 0.3 is 5.97 Å². The van der Waals surface area contributed by atoms with E-state index in [1.807, 2.05) is 0 Å². The van der Waals surface area contributed by atoms with Crippen molar-refractivity contribution in [3.63, 3.8) is 0 Å². The highest BCUT2D eigenvalue weighted by atomic mass is 19.1. The van der Waals surface area contributed by atoms with Crippen molar-refractivity contribution in [1.29, 1.82) is 0 Å². The summed E-state index contributed by atoms with van der Waals surface area (Å²) in [6, 6.07) is 0.865. The first-order valence-corrected chi connectivity index (χ1v) is 7.77. The number of ether oxygens (including phenoxy) is 2. The van der Waals surface area contributed by atoms with Gasteiger partial charge in [0.05, 0.1) is 43.6 Å². The average Bonchev–Trinajstić information content (AvgIpc) is 3.08. The standard InChI is InChI=1S/C17H14FN3O5/c1-25-16-13-10(4-12(18)14(16)20-3-2-19-8-20)15(22)11(17(23)24)5-21(13)9-6-26-7-9/h2-5,8-9H,6-7H2,1H3,(H,23,24). The first-order chi connectivity index (χ1) is 12.5. The summed E-state index contributed by atoms with van der Waals surface area (Å²) >= 11 is 0. The number of rotatable bonds is 4. The molecule has 4 rings (SSSR count). The molecule has 0 spiro atoms. The molecule has 1 aliphatic rings. The Balaban J connectivity index is 2.16. The molecule has 9 heteroatoms. The van der Waals surface area contributed by atoms with E-state index in [1.165, 1.54) is 30.4 Å². The number of nitrogens with zero attached hydrogens (tertiary/aromatic N) is 3. The van der Waals surface area contributed by atoms with Gasteiger partial charge in [-0.2, -0.15) is 0 Å². The molecule has 0 saturated carbocycles. The third-order valence-corrected chi connectivity index (χ3v) is 4.41. The number of carboxylic acids is 1. The van der Waals surface area contributed by atoms with E-state index in [0.717, 1.165) is 6.07 Å². The highest BCUT2D eigenvalue weighted by Crippen LogP contribution is 2.36. The average molecular weight is 359 g/mol.